The van der Waals surface area contributed by atoms with E-state index in [9.17, 15) is 0 Å². The summed E-state index contributed by atoms with van der Waals surface area (Å²) in [4.78, 5) is 4.74. The molecule has 1 heterocycles. The van der Waals surface area contributed by atoms with Crippen LogP contribution in [0.4, 0.5) is 0 Å². The van der Waals surface area contributed by atoms with E-state index in [0.29, 0.717) is 6.54 Å². The molecule has 0 fully saturated rings. The van der Waals surface area contributed by atoms with Crippen LogP contribution < -0.4 is 5.73 Å². The van der Waals surface area contributed by atoms with E-state index in [1.807, 2.05) is 6.92 Å². The SMILES string of the molecule is CCCC(OCC)c1nc(-c2ccc(CN)cc2)cs1. The summed E-state index contributed by atoms with van der Waals surface area (Å²) in [5, 5.41) is 3.18. The fourth-order valence-corrected chi connectivity index (χ4v) is 3.03. The number of hydrogen-bond acceptors (Lipinski definition) is 4. The third-order valence-corrected chi connectivity index (χ3v) is 4.14. The van der Waals surface area contributed by atoms with Gasteiger partial charge in [-0.25, -0.2) is 4.98 Å². The van der Waals surface area contributed by atoms with Gasteiger partial charge in [0.15, 0.2) is 0 Å². The van der Waals surface area contributed by atoms with Gasteiger partial charge in [0.2, 0.25) is 0 Å². The molecule has 0 spiro atoms. The van der Waals surface area contributed by atoms with E-state index in [1.54, 1.807) is 11.3 Å². The smallest absolute Gasteiger partial charge is 0.122 e. The summed E-state index contributed by atoms with van der Waals surface area (Å²) in [5.41, 5.74) is 8.92. The number of nitrogens with two attached hydrogens (primary N) is 1. The standard InChI is InChI=1S/C16H22N2OS/c1-3-5-15(19-4-2)16-18-14(11-20-16)13-8-6-12(10-17)7-9-13/h6-9,11,15H,3-5,10,17H2,1-2H3. The van der Waals surface area contributed by atoms with Gasteiger partial charge in [-0.2, -0.15) is 0 Å². The summed E-state index contributed by atoms with van der Waals surface area (Å²) in [6.07, 6.45) is 2.25. The number of thiazole rings is 1. The summed E-state index contributed by atoms with van der Waals surface area (Å²) in [7, 11) is 0. The fourth-order valence-electron chi connectivity index (χ4n) is 2.12. The van der Waals surface area contributed by atoms with Crippen LogP contribution in [0, 0.1) is 0 Å². The summed E-state index contributed by atoms with van der Waals surface area (Å²) in [6.45, 7) is 5.51. The lowest BCUT2D eigenvalue weighted by atomic mass is 10.1. The summed E-state index contributed by atoms with van der Waals surface area (Å²) in [6, 6.07) is 8.27. The number of ether oxygens (including phenoxy) is 1. The van der Waals surface area contributed by atoms with E-state index >= 15 is 0 Å². The molecule has 0 radical (unpaired) electrons. The Bertz CT molecular complexity index is 516. The second kappa shape index (κ2) is 7.53. The molecule has 2 N–H and O–H groups in total. The lowest BCUT2D eigenvalue weighted by Gasteiger charge is -2.12. The highest BCUT2D eigenvalue weighted by molar-refractivity contribution is 7.10. The molecule has 20 heavy (non-hydrogen) atoms. The molecule has 0 aliphatic rings. The quantitative estimate of drug-likeness (QED) is 0.833. The lowest BCUT2D eigenvalue weighted by Crippen LogP contribution is -2.03. The van der Waals surface area contributed by atoms with Gasteiger partial charge in [-0.1, -0.05) is 37.6 Å². The van der Waals surface area contributed by atoms with E-state index in [1.165, 1.54) is 0 Å². The van der Waals surface area contributed by atoms with Gasteiger partial charge >= 0.3 is 0 Å². The van der Waals surface area contributed by atoms with Crippen LogP contribution in [-0.4, -0.2) is 11.6 Å². The predicted octanol–water partition coefficient (Wildman–Crippen LogP) is 4.15. The van der Waals surface area contributed by atoms with Crippen LogP contribution in [0.2, 0.25) is 0 Å². The molecule has 0 aliphatic heterocycles. The van der Waals surface area contributed by atoms with Gasteiger partial charge in [-0.05, 0) is 18.9 Å². The number of hydrogen-bond donors (Lipinski definition) is 1. The lowest BCUT2D eigenvalue weighted by molar-refractivity contribution is 0.0555. The van der Waals surface area contributed by atoms with Crippen LogP contribution in [0.15, 0.2) is 29.6 Å². The van der Waals surface area contributed by atoms with Crippen LogP contribution in [0.3, 0.4) is 0 Å². The van der Waals surface area contributed by atoms with Crippen molar-refractivity contribution in [1.29, 1.82) is 0 Å². The van der Waals surface area contributed by atoms with Crippen LogP contribution in [0.25, 0.3) is 11.3 Å². The van der Waals surface area contributed by atoms with E-state index in [4.69, 9.17) is 15.5 Å². The molecular weight excluding hydrogens is 268 g/mol. The zero-order valence-electron chi connectivity index (χ0n) is 12.1. The number of rotatable bonds is 7. The maximum atomic E-state index is 5.79. The minimum absolute atomic E-state index is 0.132. The van der Waals surface area contributed by atoms with E-state index in [2.05, 4.69) is 36.6 Å². The first-order valence-corrected chi connectivity index (χ1v) is 8.02. The van der Waals surface area contributed by atoms with Gasteiger partial charge < -0.3 is 10.5 Å². The highest BCUT2D eigenvalue weighted by Gasteiger charge is 2.15. The summed E-state index contributed by atoms with van der Waals surface area (Å²) < 4.78 is 5.79. The molecule has 1 aromatic heterocycles. The molecule has 0 saturated heterocycles. The Hall–Kier alpha value is -1.23. The Balaban J connectivity index is 2.17. The van der Waals surface area contributed by atoms with Gasteiger partial charge in [-0.15, -0.1) is 11.3 Å². The molecule has 3 nitrogen and oxygen atoms in total. The van der Waals surface area contributed by atoms with Crippen LogP contribution in [-0.2, 0) is 11.3 Å². The third-order valence-electron chi connectivity index (χ3n) is 3.20. The maximum Gasteiger partial charge on any atom is 0.122 e. The van der Waals surface area contributed by atoms with Gasteiger partial charge in [0, 0.05) is 24.1 Å². The van der Waals surface area contributed by atoms with E-state index < -0.39 is 0 Å². The zero-order valence-corrected chi connectivity index (χ0v) is 13.0. The second-order valence-corrected chi connectivity index (χ2v) is 5.59. The fraction of sp³-hybridized carbons (Fsp3) is 0.438. The van der Waals surface area contributed by atoms with Crippen LogP contribution in [0.5, 0.6) is 0 Å². The van der Waals surface area contributed by atoms with Crippen molar-refractivity contribution in [2.75, 3.05) is 6.61 Å². The van der Waals surface area contributed by atoms with Gasteiger partial charge in [0.05, 0.1) is 5.69 Å². The Morgan fingerprint density at radius 2 is 2.00 bits per heavy atom. The molecular formula is C16H22N2OS. The minimum atomic E-state index is 0.132. The zero-order chi connectivity index (χ0) is 14.4. The Labute approximate surface area is 124 Å². The van der Waals surface area contributed by atoms with E-state index in [-0.39, 0.29) is 6.10 Å². The summed E-state index contributed by atoms with van der Waals surface area (Å²) >= 11 is 1.68. The molecule has 0 aliphatic carbocycles. The molecule has 4 heteroatoms. The largest absolute Gasteiger partial charge is 0.371 e. The topological polar surface area (TPSA) is 48.1 Å². The van der Waals surface area contributed by atoms with Gasteiger partial charge in [-0.3, -0.25) is 0 Å². The number of nitrogens with zero attached hydrogens (tertiary/aromatic N) is 1. The maximum absolute atomic E-state index is 5.79. The Kier molecular flexibility index (Phi) is 5.71. The molecule has 0 saturated carbocycles. The van der Waals surface area contributed by atoms with Crippen LogP contribution >= 0.6 is 11.3 Å². The molecule has 0 bridgehead atoms. The average molecular weight is 290 g/mol. The first kappa shape index (κ1) is 15.2. The Morgan fingerprint density at radius 3 is 2.60 bits per heavy atom. The van der Waals surface area contributed by atoms with Crippen molar-refractivity contribution in [3.8, 4) is 11.3 Å². The monoisotopic (exact) mass is 290 g/mol. The molecule has 108 valence electrons. The molecule has 2 rings (SSSR count). The average Bonchev–Trinajstić information content (AvgIpc) is 2.97. The molecule has 0 amide bonds. The third kappa shape index (κ3) is 3.66. The van der Waals surface area contributed by atoms with Crippen molar-refractivity contribution in [2.45, 2.75) is 39.3 Å². The second-order valence-electron chi connectivity index (χ2n) is 4.70. The highest BCUT2D eigenvalue weighted by atomic mass is 32.1. The highest BCUT2D eigenvalue weighted by Crippen LogP contribution is 2.30. The predicted molar refractivity (Wildman–Crippen MR) is 84.7 cm³/mol. The summed E-state index contributed by atoms with van der Waals surface area (Å²) in [5.74, 6) is 0. The number of benzene rings is 1. The van der Waals surface area contributed by atoms with Gasteiger partial charge in [0.25, 0.3) is 0 Å². The molecule has 1 aromatic carbocycles. The normalized spacial score (nSPS) is 12.6. The first-order valence-electron chi connectivity index (χ1n) is 7.14. The van der Waals surface area contributed by atoms with Crippen molar-refractivity contribution in [3.63, 3.8) is 0 Å². The number of aromatic nitrogens is 1. The molecule has 2 aromatic rings. The van der Waals surface area contributed by atoms with Crippen molar-refractivity contribution < 1.29 is 4.74 Å². The van der Waals surface area contributed by atoms with Crippen LogP contribution in [0.1, 0.15) is 43.4 Å². The molecule has 1 unspecified atom stereocenters. The van der Waals surface area contributed by atoms with Crippen molar-refractivity contribution in [1.82, 2.24) is 4.98 Å². The van der Waals surface area contributed by atoms with Crippen molar-refractivity contribution in [2.24, 2.45) is 5.73 Å². The van der Waals surface area contributed by atoms with Crippen molar-refractivity contribution in [3.05, 3.63) is 40.2 Å². The molecule has 1 atom stereocenters. The Morgan fingerprint density at radius 1 is 1.25 bits per heavy atom. The first-order chi connectivity index (χ1) is 9.78. The van der Waals surface area contributed by atoms with Gasteiger partial charge in [0.1, 0.15) is 11.1 Å². The minimum Gasteiger partial charge on any atom is -0.371 e. The van der Waals surface area contributed by atoms with Crippen molar-refractivity contribution >= 4 is 11.3 Å². The van der Waals surface area contributed by atoms with E-state index in [0.717, 1.165) is 41.3 Å².